The van der Waals surface area contributed by atoms with Crippen LogP contribution in [0.15, 0.2) is 0 Å². The Morgan fingerprint density at radius 1 is 1.44 bits per heavy atom. The third-order valence-electron chi connectivity index (χ3n) is 3.38. The quantitative estimate of drug-likeness (QED) is 0.653. The van der Waals surface area contributed by atoms with E-state index >= 15 is 0 Å². The van der Waals surface area contributed by atoms with Crippen molar-refractivity contribution >= 4 is 5.91 Å². The zero-order valence-corrected chi connectivity index (χ0v) is 12.1. The lowest BCUT2D eigenvalue weighted by molar-refractivity contribution is -0.136. The van der Waals surface area contributed by atoms with Crippen molar-refractivity contribution in [1.29, 1.82) is 0 Å². The van der Waals surface area contributed by atoms with Gasteiger partial charge in [-0.2, -0.15) is 0 Å². The number of nitrogens with one attached hydrogen (secondary N) is 2. The Hall–Kier alpha value is -0.650. The highest BCUT2D eigenvalue weighted by atomic mass is 16.5. The number of hydrogen-bond donors (Lipinski definition) is 2. The van der Waals surface area contributed by atoms with Crippen molar-refractivity contribution in [2.24, 2.45) is 0 Å². The Bertz CT molecular complexity index is 263. The van der Waals surface area contributed by atoms with Gasteiger partial charge in [0.05, 0.1) is 5.60 Å². The summed E-state index contributed by atoms with van der Waals surface area (Å²) in [6.07, 6.45) is 0. The summed E-state index contributed by atoms with van der Waals surface area (Å²) in [4.78, 5) is 14.0. The maximum absolute atomic E-state index is 11.7. The van der Waals surface area contributed by atoms with E-state index in [1.165, 1.54) is 0 Å². The summed E-state index contributed by atoms with van der Waals surface area (Å²) in [5.41, 5.74) is -0.153. The van der Waals surface area contributed by atoms with E-state index in [9.17, 15) is 4.79 Å². The maximum atomic E-state index is 11.7. The van der Waals surface area contributed by atoms with E-state index < -0.39 is 0 Å². The first kappa shape index (κ1) is 15.4. The van der Waals surface area contributed by atoms with Crippen LogP contribution in [0.3, 0.4) is 0 Å². The summed E-state index contributed by atoms with van der Waals surface area (Å²) < 4.78 is 5.60. The minimum absolute atomic E-state index is 0.0252. The fraction of sp³-hybridized carbons (Fsp3) is 0.923. The lowest BCUT2D eigenvalue weighted by Crippen LogP contribution is -2.59. The van der Waals surface area contributed by atoms with Gasteiger partial charge in [0.2, 0.25) is 5.91 Å². The topological polar surface area (TPSA) is 53.6 Å². The predicted molar refractivity (Wildman–Crippen MR) is 72.6 cm³/mol. The summed E-state index contributed by atoms with van der Waals surface area (Å²) in [5.74, 6) is -0.0252. The van der Waals surface area contributed by atoms with Gasteiger partial charge in [-0.1, -0.05) is 13.8 Å². The number of ether oxygens (including phenoxy) is 1. The Morgan fingerprint density at radius 2 is 2.06 bits per heavy atom. The minimum Gasteiger partial charge on any atom is -0.363 e. The molecule has 0 aliphatic carbocycles. The van der Waals surface area contributed by atoms with E-state index in [1.807, 2.05) is 13.8 Å². The van der Waals surface area contributed by atoms with Crippen LogP contribution in [0, 0.1) is 0 Å². The van der Waals surface area contributed by atoms with Crippen LogP contribution >= 0.6 is 0 Å². The standard InChI is InChI=1S/C13H27N3O2/c1-5-16(6-2)7-11(3)15-12(17)8-18-13(4)9-14-10-13/h11,14H,5-10H2,1-4H3,(H,15,17). The van der Waals surface area contributed by atoms with E-state index in [0.717, 1.165) is 32.7 Å². The Labute approximate surface area is 110 Å². The summed E-state index contributed by atoms with van der Waals surface area (Å²) in [7, 11) is 0. The van der Waals surface area contributed by atoms with Crippen molar-refractivity contribution in [2.45, 2.75) is 39.3 Å². The molecule has 1 amide bonds. The van der Waals surface area contributed by atoms with Crippen LogP contribution in [-0.2, 0) is 9.53 Å². The highest BCUT2D eigenvalue weighted by molar-refractivity contribution is 5.77. The molecule has 106 valence electrons. The van der Waals surface area contributed by atoms with Crippen molar-refractivity contribution in [3.8, 4) is 0 Å². The van der Waals surface area contributed by atoms with Crippen LogP contribution < -0.4 is 10.6 Å². The first-order valence-electron chi connectivity index (χ1n) is 6.85. The molecule has 0 saturated carbocycles. The van der Waals surface area contributed by atoms with Crippen LogP contribution in [0.5, 0.6) is 0 Å². The number of carbonyl (C=O) groups excluding carboxylic acids is 1. The maximum Gasteiger partial charge on any atom is 0.246 e. The molecule has 18 heavy (non-hydrogen) atoms. The van der Waals surface area contributed by atoms with Crippen molar-refractivity contribution < 1.29 is 9.53 Å². The van der Waals surface area contributed by atoms with E-state index in [0.29, 0.717) is 0 Å². The third kappa shape index (κ3) is 4.92. The number of carbonyl (C=O) groups is 1. The number of likely N-dealkylation sites (N-methyl/N-ethyl adjacent to an activating group) is 1. The molecular weight excluding hydrogens is 230 g/mol. The van der Waals surface area contributed by atoms with Crippen LogP contribution in [-0.4, -0.2) is 61.8 Å². The molecule has 1 atom stereocenters. The second kappa shape index (κ2) is 7.07. The molecule has 0 aromatic rings. The fourth-order valence-electron chi connectivity index (χ4n) is 2.05. The highest BCUT2D eigenvalue weighted by Crippen LogP contribution is 2.14. The van der Waals surface area contributed by atoms with Gasteiger partial charge in [0, 0.05) is 25.7 Å². The van der Waals surface area contributed by atoms with Gasteiger partial charge in [0.1, 0.15) is 6.61 Å². The Balaban J connectivity index is 2.18. The minimum atomic E-state index is -0.153. The van der Waals surface area contributed by atoms with Crippen LogP contribution in [0.4, 0.5) is 0 Å². The fourth-order valence-corrected chi connectivity index (χ4v) is 2.05. The molecule has 2 N–H and O–H groups in total. The Kier molecular flexibility index (Phi) is 6.05. The Morgan fingerprint density at radius 3 is 2.50 bits per heavy atom. The summed E-state index contributed by atoms with van der Waals surface area (Å²) >= 11 is 0. The molecule has 0 bridgehead atoms. The highest BCUT2D eigenvalue weighted by Gasteiger charge is 2.33. The zero-order chi connectivity index (χ0) is 13.6. The van der Waals surface area contributed by atoms with Gasteiger partial charge < -0.3 is 20.3 Å². The van der Waals surface area contributed by atoms with Crippen molar-refractivity contribution in [3.05, 3.63) is 0 Å². The average Bonchev–Trinajstić information content (AvgIpc) is 2.31. The largest absolute Gasteiger partial charge is 0.363 e. The first-order chi connectivity index (χ1) is 8.49. The molecule has 0 aromatic heterocycles. The molecule has 1 aliphatic rings. The normalized spacial score (nSPS) is 19.4. The van der Waals surface area contributed by atoms with E-state index in [1.54, 1.807) is 0 Å². The second-order valence-corrected chi connectivity index (χ2v) is 5.30. The van der Waals surface area contributed by atoms with E-state index in [2.05, 4.69) is 29.4 Å². The predicted octanol–water partition coefficient (Wildman–Crippen LogP) is 0.211. The first-order valence-corrected chi connectivity index (χ1v) is 6.85. The van der Waals surface area contributed by atoms with Gasteiger partial charge in [-0.25, -0.2) is 0 Å². The molecule has 1 unspecified atom stereocenters. The molecule has 0 aromatic carbocycles. The third-order valence-corrected chi connectivity index (χ3v) is 3.38. The molecule has 0 spiro atoms. The number of hydrogen-bond acceptors (Lipinski definition) is 4. The number of nitrogens with zero attached hydrogens (tertiary/aromatic N) is 1. The van der Waals surface area contributed by atoms with Crippen LogP contribution in [0.2, 0.25) is 0 Å². The number of rotatable bonds is 8. The van der Waals surface area contributed by atoms with Gasteiger partial charge >= 0.3 is 0 Å². The van der Waals surface area contributed by atoms with Gasteiger partial charge in [0.25, 0.3) is 0 Å². The lowest BCUT2D eigenvalue weighted by Gasteiger charge is -2.38. The second-order valence-electron chi connectivity index (χ2n) is 5.30. The van der Waals surface area contributed by atoms with E-state index in [-0.39, 0.29) is 24.2 Å². The molecule has 5 heteroatoms. The molecule has 1 saturated heterocycles. The molecular formula is C13H27N3O2. The molecule has 5 nitrogen and oxygen atoms in total. The van der Waals surface area contributed by atoms with Gasteiger partial charge in [-0.05, 0) is 26.9 Å². The lowest BCUT2D eigenvalue weighted by atomic mass is 10.0. The van der Waals surface area contributed by atoms with Gasteiger partial charge in [-0.15, -0.1) is 0 Å². The van der Waals surface area contributed by atoms with E-state index in [4.69, 9.17) is 4.74 Å². The van der Waals surface area contributed by atoms with Crippen molar-refractivity contribution in [2.75, 3.05) is 39.3 Å². The monoisotopic (exact) mass is 257 g/mol. The SMILES string of the molecule is CCN(CC)CC(C)NC(=O)COC1(C)CNC1. The summed E-state index contributed by atoms with van der Waals surface area (Å²) in [6, 6.07) is 0.160. The summed E-state index contributed by atoms with van der Waals surface area (Å²) in [5, 5.41) is 6.12. The molecule has 0 radical (unpaired) electrons. The molecule has 1 heterocycles. The molecule has 1 aliphatic heterocycles. The average molecular weight is 257 g/mol. The van der Waals surface area contributed by atoms with Gasteiger partial charge in [-0.3, -0.25) is 4.79 Å². The van der Waals surface area contributed by atoms with Crippen molar-refractivity contribution in [1.82, 2.24) is 15.5 Å². The van der Waals surface area contributed by atoms with Gasteiger partial charge in [0.15, 0.2) is 0 Å². The van der Waals surface area contributed by atoms with Crippen LogP contribution in [0.25, 0.3) is 0 Å². The van der Waals surface area contributed by atoms with Crippen LogP contribution in [0.1, 0.15) is 27.7 Å². The molecule has 1 fully saturated rings. The van der Waals surface area contributed by atoms with Crippen molar-refractivity contribution in [3.63, 3.8) is 0 Å². The molecule has 1 rings (SSSR count). The zero-order valence-electron chi connectivity index (χ0n) is 12.1. The summed E-state index contributed by atoms with van der Waals surface area (Å²) in [6.45, 7) is 13.0. The smallest absolute Gasteiger partial charge is 0.246 e. The number of amides is 1.